The van der Waals surface area contributed by atoms with Crippen molar-refractivity contribution in [3.63, 3.8) is 0 Å². The van der Waals surface area contributed by atoms with Crippen LogP contribution in [0.2, 0.25) is 0 Å². The van der Waals surface area contributed by atoms with E-state index < -0.39 is 6.04 Å². The molecule has 3 nitrogen and oxygen atoms in total. The van der Waals surface area contributed by atoms with Gasteiger partial charge < -0.3 is 10.5 Å². The van der Waals surface area contributed by atoms with Crippen LogP contribution in [-0.2, 0) is 9.53 Å². The largest absolute Gasteiger partial charge is 0.465 e. The highest BCUT2D eigenvalue weighted by Gasteiger charge is 2.12. The Labute approximate surface area is 66.3 Å². The lowest BCUT2D eigenvalue weighted by atomic mass is 10.2. The van der Waals surface area contributed by atoms with E-state index in [-0.39, 0.29) is 5.97 Å². The fourth-order valence-corrected chi connectivity index (χ4v) is 0.784. The molecule has 4 heteroatoms. The molecule has 0 rings (SSSR count). The van der Waals surface area contributed by atoms with Crippen LogP contribution in [0, 0.1) is 0 Å². The Balaban J connectivity index is 3.49. The van der Waals surface area contributed by atoms with Crippen molar-refractivity contribution < 1.29 is 9.53 Å². The van der Waals surface area contributed by atoms with Gasteiger partial charge in [0.2, 0.25) is 0 Å². The number of ether oxygens (including phenoxy) is 1. The molecule has 0 bridgehead atoms. The molecule has 0 aliphatic rings. The molecule has 1 atom stereocenters. The molecule has 0 unspecified atom stereocenters. The summed E-state index contributed by atoms with van der Waals surface area (Å²) in [5.74, 6) is 0.275. The van der Waals surface area contributed by atoms with Gasteiger partial charge in [0.25, 0.3) is 0 Å². The first-order valence-electron chi connectivity index (χ1n) is 3.25. The van der Waals surface area contributed by atoms with E-state index in [1.165, 1.54) is 0 Å². The maximum atomic E-state index is 10.8. The fraction of sp³-hybridized carbons (Fsp3) is 0.833. The van der Waals surface area contributed by atoms with Crippen LogP contribution in [0.5, 0.6) is 0 Å². The van der Waals surface area contributed by atoms with Crippen LogP contribution in [0.25, 0.3) is 0 Å². The summed E-state index contributed by atoms with van der Waals surface area (Å²) in [6.45, 7) is 2.14. The summed E-state index contributed by atoms with van der Waals surface area (Å²) < 4.78 is 4.66. The van der Waals surface area contributed by atoms with Crippen molar-refractivity contribution in [3.05, 3.63) is 0 Å². The maximum Gasteiger partial charge on any atom is 0.322 e. The molecule has 0 saturated carbocycles. The topological polar surface area (TPSA) is 52.3 Å². The summed E-state index contributed by atoms with van der Waals surface area (Å²) >= 11 is 3.93. The first kappa shape index (κ1) is 9.78. The van der Waals surface area contributed by atoms with Crippen LogP contribution >= 0.6 is 12.6 Å². The third-order valence-electron chi connectivity index (χ3n) is 1.03. The molecule has 10 heavy (non-hydrogen) atoms. The van der Waals surface area contributed by atoms with E-state index in [9.17, 15) is 4.79 Å². The Morgan fingerprint density at radius 1 is 1.80 bits per heavy atom. The standard InChI is InChI=1S/C6H13NO2S/c1-2-9-6(8)5(7)3-4-10/h5,10H,2-4,7H2,1H3/t5-/m0/s1. The molecule has 0 fully saturated rings. The SMILES string of the molecule is CCOC(=O)[C@@H](N)CCS. The highest BCUT2D eigenvalue weighted by atomic mass is 32.1. The summed E-state index contributed by atoms with van der Waals surface area (Å²) in [5, 5.41) is 0. The molecule has 0 radical (unpaired) electrons. The highest BCUT2D eigenvalue weighted by Crippen LogP contribution is 1.93. The van der Waals surface area contributed by atoms with Gasteiger partial charge in [0, 0.05) is 0 Å². The van der Waals surface area contributed by atoms with Crippen molar-refractivity contribution in [2.45, 2.75) is 19.4 Å². The van der Waals surface area contributed by atoms with E-state index in [4.69, 9.17) is 5.73 Å². The van der Waals surface area contributed by atoms with Crippen molar-refractivity contribution >= 4 is 18.6 Å². The lowest BCUT2D eigenvalue weighted by Gasteiger charge is -2.07. The van der Waals surface area contributed by atoms with Gasteiger partial charge in [-0.05, 0) is 19.1 Å². The second-order valence-corrected chi connectivity index (χ2v) is 2.32. The van der Waals surface area contributed by atoms with Gasteiger partial charge in [-0.2, -0.15) is 12.6 Å². The predicted molar refractivity (Wildman–Crippen MR) is 43.1 cm³/mol. The second-order valence-electron chi connectivity index (χ2n) is 1.87. The van der Waals surface area contributed by atoms with E-state index >= 15 is 0 Å². The molecule has 0 aromatic carbocycles. The molecular weight excluding hydrogens is 150 g/mol. The normalized spacial score (nSPS) is 12.7. The number of hydrogen-bond donors (Lipinski definition) is 2. The molecule has 0 amide bonds. The Kier molecular flexibility index (Phi) is 5.43. The summed E-state index contributed by atoms with van der Waals surface area (Å²) in [6, 6.07) is -0.502. The van der Waals surface area contributed by atoms with Gasteiger partial charge in [0.1, 0.15) is 6.04 Å². The van der Waals surface area contributed by atoms with E-state index in [1.807, 2.05) is 0 Å². The number of hydrogen-bond acceptors (Lipinski definition) is 4. The number of thiol groups is 1. The van der Waals surface area contributed by atoms with E-state index in [0.29, 0.717) is 18.8 Å². The summed E-state index contributed by atoms with van der Waals surface area (Å²) in [6.07, 6.45) is 0.571. The zero-order valence-corrected chi connectivity index (χ0v) is 6.93. The van der Waals surface area contributed by atoms with Crippen molar-refractivity contribution in [1.29, 1.82) is 0 Å². The molecule has 0 spiro atoms. The quantitative estimate of drug-likeness (QED) is 0.460. The average molecular weight is 163 g/mol. The molecule has 0 aliphatic carbocycles. The minimum Gasteiger partial charge on any atom is -0.465 e. The fourth-order valence-electron chi connectivity index (χ4n) is 0.506. The first-order chi connectivity index (χ1) is 4.72. The van der Waals surface area contributed by atoms with E-state index in [2.05, 4.69) is 17.4 Å². The van der Waals surface area contributed by atoms with Crippen molar-refractivity contribution in [3.8, 4) is 0 Å². The Morgan fingerprint density at radius 3 is 2.80 bits per heavy atom. The molecule has 0 aromatic rings. The number of carbonyl (C=O) groups excluding carboxylic acids is 1. The number of carbonyl (C=O) groups is 1. The van der Waals surface area contributed by atoms with Crippen LogP contribution in [0.3, 0.4) is 0 Å². The van der Waals surface area contributed by atoms with Gasteiger partial charge in [0.15, 0.2) is 0 Å². The van der Waals surface area contributed by atoms with Crippen molar-refractivity contribution in [2.75, 3.05) is 12.4 Å². The Morgan fingerprint density at radius 2 is 2.40 bits per heavy atom. The molecule has 0 aromatic heterocycles. The highest BCUT2D eigenvalue weighted by molar-refractivity contribution is 7.80. The number of esters is 1. The summed E-state index contributed by atoms with van der Waals surface area (Å²) in [4.78, 5) is 10.8. The van der Waals surface area contributed by atoms with Gasteiger partial charge in [-0.3, -0.25) is 4.79 Å². The lowest BCUT2D eigenvalue weighted by Crippen LogP contribution is -2.32. The van der Waals surface area contributed by atoms with Crippen molar-refractivity contribution in [1.82, 2.24) is 0 Å². The first-order valence-corrected chi connectivity index (χ1v) is 3.88. The molecule has 0 saturated heterocycles. The molecule has 0 heterocycles. The van der Waals surface area contributed by atoms with Gasteiger partial charge in [0.05, 0.1) is 6.61 Å². The third kappa shape index (κ3) is 3.74. The molecule has 60 valence electrons. The van der Waals surface area contributed by atoms with Gasteiger partial charge >= 0.3 is 5.97 Å². The van der Waals surface area contributed by atoms with Crippen LogP contribution in [0.1, 0.15) is 13.3 Å². The monoisotopic (exact) mass is 163 g/mol. The maximum absolute atomic E-state index is 10.8. The second kappa shape index (κ2) is 5.56. The van der Waals surface area contributed by atoms with E-state index in [0.717, 1.165) is 0 Å². The van der Waals surface area contributed by atoms with Gasteiger partial charge in [-0.15, -0.1) is 0 Å². The lowest BCUT2D eigenvalue weighted by molar-refractivity contribution is -0.144. The smallest absolute Gasteiger partial charge is 0.322 e. The third-order valence-corrected chi connectivity index (χ3v) is 1.29. The van der Waals surface area contributed by atoms with Crippen LogP contribution < -0.4 is 5.73 Å². The van der Waals surface area contributed by atoms with Crippen molar-refractivity contribution in [2.24, 2.45) is 5.73 Å². The zero-order chi connectivity index (χ0) is 7.98. The van der Waals surface area contributed by atoms with Crippen LogP contribution in [-0.4, -0.2) is 24.4 Å². The predicted octanol–water partition coefficient (Wildman–Crippen LogP) is 0.197. The minimum absolute atomic E-state index is 0.337. The number of rotatable bonds is 4. The van der Waals surface area contributed by atoms with E-state index in [1.54, 1.807) is 6.92 Å². The molecule has 2 N–H and O–H groups in total. The summed E-state index contributed by atoms with van der Waals surface area (Å²) in [5.41, 5.74) is 5.39. The zero-order valence-electron chi connectivity index (χ0n) is 6.04. The molecule has 0 aliphatic heterocycles. The number of nitrogens with two attached hydrogens (primary N) is 1. The Hall–Kier alpha value is -0.220. The van der Waals surface area contributed by atoms with Crippen LogP contribution in [0.4, 0.5) is 0 Å². The average Bonchev–Trinajstić information content (AvgIpc) is 1.89. The van der Waals surface area contributed by atoms with Crippen LogP contribution in [0.15, 0.2) is 0 Å². The van der Waals surface area contributed by atoms with Gasteiger partial charge in [-0.1, -0.05) is 0 Å². The molecular formula is C6H13NO2S. The minimum atomic E-state index is -0.502. The Bertz CT molecular complexity index is 108. The summed E-state index contributed by atoms with van der Waals surface area (Å²) in [7, 11) is 0. The van der Waals surface area contributed by atoms with Gasteiger partial charge in [-0.25, -0.2) is 0 Å².